The number of likely N-dealkylation sites (N-methyl/N-ethyl adjacent to an activating group) is 1. The van der Waals surface area contributed by atoms with Gasteiger partial charge in [-0.15, -0.1) is 0 Å². The Balaban J connectivity index is 2.48. The van der Waals surface area contributed by atoms with Gasteiger partial charge in [-0.05, 0) is 57.5 Å². The lowest BCUT2D eigenvalue weighted by molar-refractivity contribution is 0.245. The highest BCUT2D eigenvalue weighted by atomic mass is 15.2. The Bertz CT molecular complexity index is 752. The summed E-state index contributed by atoms with van der Waals surface area (Å²) >= 11 is 0. The molecule has 3 nitrogen and oxygen atoms in total. The van der Waals surface area contributed by atoms with Crippen LogP contribution in [-0.4, -0.2) is 49.4 Å². The van der Waals surface area contributed by atoms with E-state index in [4.69, 9.17) is 4.99 Å². The molecule has 1 aromatic rings. The van der Waals surface area contributed by atoms with Gasteiger partial charge < -0.3 is 9.80 Å². The average Bonchev–Trinajstić information content (AvgIpc) is 3.25. The number of nitrogens with zero attached hydrogens (tertiary/aromatic N) is 3. The van der Waals surface area contributed by atoms with Crippen LogP contribution in [0.2, 0.25) is 0 Å². The zero-order valence-electron chi connectivity index (χ0n) is 19.8. The summed E-state index contributed by atoms with van der Waals surface area (Å²) in [6.07, 6.45) is 11.0. The molecule has 1 atom stereocenters. The fraction of sp³-hybridized carbons (Fsp3) is 0.519. The normalized spacial score (nSPS) is 18.1. The minimum Gasteiger partial charge on any atom is -0.328 e. The molecule has 0 bridgehead atoms. The van der Waals surface area contributed by atoms with E-state index in [1.807, 2.05) is 19.2 Å². The van der Waals surface area contributed by atoms with Crippen molar-refractivity contribution in [1.82, 2.24) is 9.80 Å². The van der Waals surface area contributed by atoms with Gasteiger partial charge in [0.25, 0.3) is 0 Å². The van der Waals surface area contributed by atoms with Crippen LogP contribution in [0.1, 0.15) is 57.9 Å². The van der Waals surface area contributed by atoms with Gasteiger partial charge in [-0.2, -0.15) is 0 Å². The SMILES string of the molecule is C=C/C(C)=C(/C=C)N(CC(CC)N(C)C)C(CC1(c2ccccc2)CCCC1)=NC. The number of benzene rings is 1. The molecule has 2 rings (SSSR count). The Kier molecular flexibility index (Phi) is 9.10. The van der Waals surface area contributed by atoms with E-state index in [1.54, 1.807) is 0 Å². The second kappa shape index (κ2) is 11.3. The lowest BCUT2D eigenvalue weighted by Crippen LogP contribution is -2.44. The van der Waals surface area contributed by atoms with Gasteiger partial charge in [0.05, 0.1) is 0 Å². The van der Waals surface area contributed by atoms with Crippen LogP contribution in [0, 0.1) is 0 Å². The minimum absolute atomic E-state index is 0.169. The summed E-state index contributed by atoms with van der Waals surface area (Å²) in [5, 5.41) is 0. The van der Waals surface area contributed by atoms with Crippen LogP contribution in [0.15, 0.2) is 71.9 Å². The van der Waals surface area contributed by atoms with E-state index in [1.165, 1.54) is 31.2 Å². The van der Waals surface area contributed by atoms with Gasteiger partial charge in [-0.3, -0.25) is 4.99 Å². The Morgan fingerprint density at radius 3 is 2.23 bits per heavy atom. The highest BCUT2D eigenvalue weighted by Crippen LogP contribution is 2.44. The molecule has 1 aliphatic rings. The zero-order valence-corrected chi connectivity index (χ0v) is 19.8. The molecule has 1 aliphatic carbocycles. The molecular formula is C27H41N3. The molecule has 0 aromatic heterocycles. The molecule has 1 saturated carbocycles. The van der Waals surface area contributed by atoms with E-state index >= 15 is 0 Å². The maximum Gasteiger partial charge on any atom is 0.104 e. The van der Waals surface area contributed by atoms with E-state index in [9.17, 15) is 0 Å². The lowest BCUT2D eigenvalue weighted by Gasteiger charge is -2.38. The molecule has 30 heavy (non-hydrogen) atoms. The molecule has 1 aromatic carbocycles. The monoisotopic (exact) mass is 407 g/mol. The Labute approximate surface area is 184 Å². The maximum absolute atomic E-state index is 4.86. The predicted molar refractivity (Wildman–Crippen MR) is 132 cm³/mol. The standard InChI is InChI=1S/C27H41N3/c1-8-22(4)25(10-3)30(21-24(9-2)29(6)7)26(28-5)20-27(18-14-15-19-27)23-16-12-11-13-17-23/h8,10-13,16-17,24H,1,3,9,14-15,18-21H2,2,4-7H3/b25-22-,28-26?. The number of rotatable bonds is 10. The largest absolute Gasteiger partial charge is 0.328 e. The van der Waals surface area contributed by atoms with Gasteiger partial charge in [0.1, 0.15) is 5.84 Å². The van der Waals surface area contributed by atoms with Crippen LogP contribution >= 0.6 is 0 Å². The quantitative estimate of drug-likeness (QED) is 0.261. The van der Waals surface area contributed by atoms with Crippen molar-refractivity contribution in [3.05, 3.63) is 72.5 Å². The molecule has 1 unspecified atom stereocenters. The molecule has 0 spiro atoms. The van der Waals surface area contributed by atoms with Crippen LogP contribution in [-0.2, 0) is 5.41 Å². The first-order chi connectivity index (χ1) is 14.4. The molecule has 0 amide bonds. The van der Waals surface area contributed by atoms with Crippen molar-refractivity contribution in [3.8, 4) is 0 Å². The summed E-state index contributed by atoms with van der Waals surface area (Å²) in [7, 11) is 6.26. The van der Waals surface area contributed by atoms with Crippen molar-refractivity contribution in [1.29, 1.82) is 0 Å². The van der Waals surface area contributed by atoms with Crippen molar-refractivity contribution in [3.63, 3.8) is 0 Å². The van der Waals surface area contributed by atoms with Crippen LogP contribution in [0.4, 0.5) is 0 Å². The third-order valence-electron chi connectivity index (χ3n) is 6.80. The first kappa shape index (κ1) is 24.1. The zero-order chi connectivity index (χ0) is 22.1. The van der Waals surface area contributed by atoms with Crippen molar-refractivity contribution in [2.75, 3.05) is 27.7 Å². The smallest absolute Gasteiger partial charge is 0.104 e. The number of hydrogen-bond acceptors (Lipinski definition) is 2. The molecule has 0 aliphatic heterocycles. The summed E-state index contributed by atoms with van der Waals surface area (Å²) < 4.78 is 0. The highest BCUT2D eigenvalue weighted by molar-refractivity contribution is 5.86. The molecule has 0 N–H and O–H groups in total. The molecule has 3 heteroatoms. The topological polar surface area (TPSA) is 18.8 Å². The van der Waals surface area contributed by atoms with Crippen LogP contribution in [0.5, 0.6) is 0 Å². The van der Waals surface area contributed by atoms with Gasteiger partial charge in [0.2, 0.25) is 0 Å². The second-order valence-corrected chi connectivity index (χ2v) is 8.78. The summed E-state index contributed by atoms with van der Waals surface area (Å²) in [5.41, 5.74) is 3.88. The summed E-state index contributed by atoms with van der Waals surface area (Å²) in [4.78, 5) is 9.58. The maximum atomic E-state index is 4.86. The van der Waals surface area contributed by atoms with E-state index in [2.05, 4.69) is 81.2 Å². The van der Waals surface area contributed by atoms with Crippen molar-refractivity contribution < 1.29 is 0 Å². The molecule has 0 heterocycles. The third-order valence-corrected chi connectivity index (χ3v) is 6.80. The van der Waals surface area contributed by atoms with Crippen molar-refractivity contribution in [2.24, 2.45) is 4.99 Å². The van der Waals surface area contributed by atoms with Crippen LogP contribution in [0.25, 0.3) is 0 Å². The minimum atomic E-state index is 0.169. The molecule has 0 radical (unpaired) electrons. The number of hydrogen-bond donors (Lipinski definition) is 0. The van der Waals surface area contributed by atoms with Crippen LogP contribution < -0.4 is 0 Å². The van der Waals surface area contributed by atoms with E-state index in [0.29, 0.717) is 6.04 Å². The molecule has 0 saturated heterocycles. The van der Waals surface area contributed by atoms with E-state index in [-0.39, 0.29) is 5.41 Å². The number of amidine groups is 1. The predicted octanol–water partition coefficient (Wildman–Crippen LogP) is 6.21. The fourth-order valence-electron chi connectivity index (χ4n) is 4.81. The van der Waals surface area contributed by atoms with Crippen molar-refractivity contribution >= 4 is 5.84 Å². The Morgan fingerprint density at radius 2 is 1.77 bits per heavy atom. The van der Waals surface area contributed by atoms with Gasteiger partial charge in [-0.25, -0.2) is 0 Å². The van der Waals surface area contributed by atoms with Crippen molar-refractivity contribution in [2.45, 2.75) is 63.8 Å². The van der Waals surface area contributed by atoms with Gasteiger partial charge >= 0.3 is 0 Å². The van der Waals surface area contributed by atoms with E-state index in [0.717, 1.165) is 36.5 Å². The number of aliphatic imine (C=N–C) groups is 1. The third kappa shape index (κ3) is 5.51. The Morgan fingerprint density at radius 1 is 1.13 bits per heavy atom. The summed E-state index contributed by atoms with van der Waals surface area (Å²) in [6, 6.07) is 11.5. The summed E-state index contributed by atoms with van der Waals surface area (Å²) in [5.74, 6) is 1.15. The Hall–Kier alpha value is -2.13. The lowest BCUT2D eigenvalue weighted by atomic mass is 9.75. The first-order valence-corrected chi connectivity index (χ1v) is 11.3. The molecule has 1 fully saturated rings. The molecular weight excluding hydrogens is 366 g/mol. The van der Waals surface area contributed by atoms with Crippen LogP contribution in [0.3, 0.4) is 0 Å². The molecule has 164 valence electrons. The van der Waals surface area contributed by atoms with E-state index < -0.39 is 0 Å². The van der Waals surface area contributed by atoms with Gasteiger partial charge in [0.15, 0.2) is 0 Å². The van der Waals surface area contributed by atoms with Gasteiger partial charge in [-0.1, -0.05) is 69.3 Å². The number of allylic oxidation sites excluding steroid dienone is 3. The first-order valence-electron chi connectivity index (χ1n) is 11.3. The summed E-state index contributed by atoms with van der Waals surface area (Å²) in [6.45, 7) is 13.4. The fourth-order valence-corrected chi connectivity index (χ4v) is 4.81. The van der Waals surface area contributed by atoms with Gasteiger partial charge in [0, 0.05) is 37.2 Å². The second-order valence-electron chi connectivity index (χ2n) is 8.78. The average molecular weight is 408 g/mol. The highest BCUT2D eigenvalue weighted by Gasteiger charge is 2.38.